The van der Waals surface area contributed by atoms with Crippen molar-refractivity contribution in [3.63, 3.8) is 0 Å². The van der Waals surface area contributed by atoms with Crippen molar-refractivity contribution in [2.75, 3.05) is 5.32 Å². The predicted octanol–water partition coefficient (Wildman–Crippen LogP) is 2.47. The molecule has 8 heteroatoms. The van der Waals surface area contributed by atoms with Gasteiger partial charge in [0.2, 0.25) is 5.91 Å². The summed E-state index contributed by atoms with van der Waals surface area (Å²) in [5.74, 6) is -0.142. The van der Waals surface area contributed by atoms with Crippen LogP contribution in [0.4, 0.5) is 11.5 Å². The molecule has 0 spiro atoms. The SMILES string of the molecule is Cc1nc(NC(=O)C(C)Cc2c(C)nn(C)c2C)ccc1[N+](=O)[O-]. The van der Waals surface area contributed by atoms with E-state index in [1.807, 2.05) is 27.8 Å². The first-order chi connectivity index (χ1) is 11.2. The lowest BCUT2D eigenvalue weighted by Crippen LogP contribution is -2.23. The van der Waals surface area contributed by atoms with Crippen LogP contribution in [0, 0.1) is 36.8 Å². The fourth-order valence-electron chi connectivity index (χ4n) is 2.58. The average molecular weight is 331 g/mol. The van der Waals surface area contributed by atoms with Gasteiger partial charge in [0.25, 0.3) is 5.69 Å². The molecule has 8 nitrogen and oxygen atoms in total. The lowest BCUT2D eigenvalue weighted by molar-refractivity contribution is -0.385. The second kappa shape index (κ2) is 6.77. The van der Waals surface area contributed by atoms with Gasteiger partial charge in [-0.2, -0.15) is 5.10 Å². The highest BCUT2D eigenvalue weighted by Crippen LogP contribution is 2.20. The number of hydrogen-bond donors (Lipinski definition) is 1. The van der Waals surface area contributed by atoms with Gasteiger partial charge in [0.05, 0.1) is 10.6 Å². The Bertz CT molecular complexity index is 797. The number of nitro groups is 1. The van der Waals surface area contributed by atoms with Crippen LogP contribution in [-0.2, 0) is 18.3 Å². The maximum Gasteiger partial charge on any atom is 0.290 e. The molecule has 2 rings (SSSR count). The average Bonchev–Trinajstić information content (AvgIpc) is 2.73. The summed E-state index contributed by atoms with van der Waals surface area (Å²) in [5.41, 5.74) is 3.22. The van der Waals surface area contributed by atoms with Crippen LogP contribution in [0.25, 0.3) is 0 Å². The number of amides is 1. The maximum absolute atomic E-state index is 12.4. The van der Waals surface area contributed by atoms with Crippen molar-refractivity contribution in [1.29, 1.82) is 0 Å². The number of nitrogens with one attached hydrogen (secondary N) is 1. The van der Waals surface area contributed by atoms with Gasteiger partial charge < -0.3 is 5.32 Å². The van der Waals surface area contributed by atoms with E-state index >= 15 is 0 Å². The zero-order chi connectivity index (χ0) is 18.0. The van der Waals surface area contributed by atoms with Crippen LogP contribution >= 0.6 is 0 Å². The molecule has 0 fully saturated rings. The smallest absolute Gasteiger partial charge is 0.290 e. The number of carbonyl (C=O) groups is 1. The zero-order valence-electron chi connectivity index (χ0n) is 14.5. The Morgan fingerprint density at radius 1 is 1.33 bits per heavy atom. The monoisotopic (exact) mass is 331 g/mol. The molecule has 1 unspecified atom stereocenters. The number of aromatic nitrogens is 3. The summed E-state index contributed by atoms with van der Waals surface area (Å²) in [7, 11) is 1.88. The molecular weight excluding hydrogens is 310 g/mol. The fourth-order valence-corrected chi connectivity index (χ4v) is 2.58. The summed E-state index contributed by atoms with van der Waals surface area (Å²) in [6, 6.07) is 2.79. The molecule has 0 radical (unpaired) electrons. The third-order valence-corrected chi connectivity index (χ3v) is 4.12. The highest BCUT2D eigenvalue weighted by atomic mass is 16.6. The Kier molecular flexibility index (Phi) is 4.96. The number of aryl methyl sites for hydroxylation is 3. The van der Waals surface area contributed by atoms with E-state index in [-0.39, 0.29) is 23.2 Å². The fraction of sp³-hybridized carbons (Fsp3) is 0.438. The normalized spacial score (nSPS) is 12.0. The van der Waals surface area contributed by atoms with Crippen LogP contribution in [0.3, 0.4) is 0 Å². The Morgan fingerprint density at radius 2 is 2.00 bits per heavy atom. The molecule has 1 atom stereocenters. The number of rotatable bonds is 5. The van der Waals surface area contributed by atoms with E-state index in [0.29, 0.717) is 12.2 Å². The summed E-state index contributed by atoms with van der Waals surface area (Å²) < 4.78 is 1.80. The second-order valence-corrected chi connectivity index (χ2v) is 5.93. The highest BCUT2D eigenvalue weighted by Gasteiger charge is 2.20. The standard InChI is InChI=1S/C16H21N5O3/c1-9(8-13-10(2)19-20(5)12(13)4)16(22)18-15-7-6-14(21(23)24)11(3)17-15/h6-7,9H,8H2,1-5H3,(H,17,18,22). The Balaban J connectivity index is 2.09. The molecular formula is C16H21N5O3. The molecule has 1 amide bonds. The number of nitrogens with zero attached hydrogens (tertiary/aromatic N) is 4. The third kappa shape index (κ3) is 3.58. The maximum atomic E-state index is 12.4. The number of pyridine rings is 1. The van der Waals surface area contributed by atoms with E-state index in [1.165, 1.54) is 12.1 Å². The van der Waals surface area contributed by atoms with Crippen molar-refractivity contribution in [3.8, 4) is 0 Å². The summed E-state index contributed by atoms with van der Waals surface area (Å²) in [6.07, 6.45) is 0.573. The van der Waals surface area contributed by atoms with Gasteiger partial charge in [0, 0.05) is 24.7 Å². The van der Waals surface area contributed by atoms with Gasteiger partial charge in [-0.15, -0.1) is 0 Å². The molecule has 128 valence electrons. The van der Waals surface area contributed by atoms with Crippen molar-refractivity contribution >= 4 is 17.4 Å². The summed E-state index contributed by atoms with van der Waals surface area (Å²) >= 11 is 0. The van der Waals surface area contributed by atoms with E-state index in [0.717, 1.165) is 17.0 Å². The molecule has 24 heavy (non-hydrogen) atoms. The number of hydrogen-bond acceptors (Lipinski definition) is 5. The molecule has 0 aliphatic heterocycles. The predicted molar refractivity (Wildman–Crippen MR) is 89.8 cm³/mol. The molecule has 2 heterocycles. The van der Waals surface area contributed by atoms with Crippen molar-refractivity contribution in [2.24, 2.45) is 13.0 Å². The van der Waals surface area contributed by atoms with Crippen molar-refractivity contribution in [2.45, 2.75) is 34.1 Å². The van der Waals surface area contributed by atoms with Crippen LogP contribution in [0.2, 0.25) is 0 Å². The Hall–Kier alpha value is -2.77. The van der Waals surface area contributed by atoms with Gasteiger partial charge in [0.15, 0.2) is 0 Å². The van der Waals surface area contributed by atoms with E-state index in [9.17, 15) is 14.9 Å². The first kappa shape index (κ1) is 17.6. The topological polar surface area (TPSA) is 103 Å². The number of carbonyl (C=O) groups excluding carboxylic acids is 1. The van der Waals surface area contributed by atoms with Crippen LogP contribution in [0.1, 0.15) is 29.6 Å². The van der Waals surface area contributed by atoms with Crippen LogP contribution < -0.4 is 5.32 Å². The molecule has 0 aliphatic rings. The van der Waals surface area contributed by atoms with Gasteiger partial charge in [-0.3, -0.25) is 19.6 Å². The van der Waals surface area contributed by atoms with Crippen LogP contribution in [-0.4, -0.2) is 25.6 Å². The molecule has 0 saturated carbocycles. The lowest BCUT2D eigenvalue weighted by Gasteiger charge is -2.12. The highest BCUT2D eigenvalue weighted by molar-refractivity contribution is 5.91. The Labute approximate surface area is 140 Å². The quantitative estimate of drug-likeness (QED) is 0.669. The van der Waals surface area contributed by atoms with Crippen LogP contribution in [0.5, 0.6) is 0 Å². The lowest BCUT2D eigenvalue weighted by atomic mass is 9.99. The van der Waals surface area contributed by atoms with Gasteiger partial charge in [-0.05, 0) is 38.8 Å². The van der Waals surface area contributed by atoms with E-state index in [1.54, 1.807) is 11.6 Å². The molecule has 0 saturated heterocycles. The molecule has 2 aromatic heterocycles. The second-order valence-electron chi connectivity index (χ2n) is 5.93. The minimum Gasteiger partial charge on any atom is -0.310 e. The number of anilines is 1. The van der Waals surface area contributed by atoms with Crippen molar-refractivity contribution in [1.82, 2.24) is 14.8 Å². The molecule has 0 aliphatic carbocycles. The zero-order valence-corrected chi connectivity index (χ0v) is 14.5. The van der Waals surface area contributed by atoms with Crippen molar-refractivity contribution in [3.05, 3.63) is 44.9 Å². The summed E-state index contributed by atoms with van der Waals surface area (Å²) in [4.78, 5) is 26.7. The van der Waals surface area contributed by atoms with E-state index in [4.69, 9.17) is 0 Å². The minimum atomic E-state index is -0.496. The van der Waals surface area contributed by atoms with E-state index in [2.05, 4.69) is 15.4 Å². The summed E-state index contributed by atoms with van der Waals surface area (Å²) in [6.45, 7) is 7.27. The first-order valence-corrected chi connectivity index (χ1v) is 7.62. The van der Waals surface area contributed by atoms with Gasteiger partial charge in [-0.25, -0.2) is 4.98 Å². The molecule has 2 aromatic rings. The van der Waals surface area contributed by atoms with Gasteiger partial charge in [-0.1, -0.05) is 6.92 Å². The first-order valence-electron chi connectivity index (χ1n) is 7.62. The van der Waals surface area contributed by atoms with Gasteiger partial charge in [0.1, 0.15) is 11.5 Å². The van der Waals surface area contributed by atoms with Crippen molar-refractivity contribution < 1.29 is 9.72 Å². The minimum absolute atomic E-state index is 0.0670. The van der Waals surface area contributed by atoms with Gasteiger partial charge >= 0.3 is 0 Å². The van der Waals surface area contributed by atoms with Crippen LogP contribution in [0.15, 0.2) is 12.1 Å². The largest absolute Gasteiger partial charge is 0.310 e. The third-order valence-electron chi connectivity index (χ3n) is 4.12. The summed E-state index contributed by atoms with van der Waals surface area (Å²) in [5, 5.41) is 17.9. The van der Waals surface area contributed by atoms with E-state index < -0.39 is 4.92 Å². The molecule has 1 N–H and O–H groups in total. The molecule has 0 bridgehead atoms. The molecule has 0 aromatic carbocycles. The Morgan fingerprint density at radius 3 is 2.50 bits per heavy atom.